The second-order valence-electron chi connectivity index (χ2n) is 8.09. The zero-order valence-corrected chi connectivity index (χ0v) is 16.2. The fourth-order valence-electron chi connectivity index (χ4n) is 3.44. The van der Waals surface area contributed by atoms with Crippen LogP contribution in [0.3, 0.4) is 0 Å². The molecule has 2 aromatic carbocycles. The van der Waals surface area contributed by atoms with Gasteiger partial charge in [-0.25, -0.2) is 9.18 Å². The molecule has 1 atom stereocenters. The second kappa shape index (κ2) is 7.99. The lowest BCUT2D eigenvalue weighted by atomic mass is 9.92. The van der Waals surface area contributed by atoms with E-state index in [1.165, 1.54) is 11.6 Å². The molecule has 3 rings (SSSR count). The number of amides is 1. The molecule has 0 saturated heterocycles. The number of alkyl carbamates (subject to hydrolysis) is 1. The number of hydrogen-bond donors (Lipinski definition) is 1. The third-order valence-corrected chi connectivity index (χ3v) is 4.52. The van der Waals surface area contributed by atoms with Crippen molar-refractivity contribution in [3.63, 3.8) is 0 Å². The number of rotatable bonds is 4. The van der Waals surface area contributed by atoms with Gasteiger partial charge in [0, 0.05) is 25.3 Å². The highest BCUT2D eigenvalue weighted by Crippen LogP contribution is 2.31. The smallest absolute Gasteiger partial charge is 0.407 e. The van der Waals surface area contributed by atoms with Crippen molar-refractivity contribution in [2.24, 2.45) is 5.92 Å². The molecule has 0 fully saturated rings. The molecule has 0 saturated carbocycles. The highest BCUT2D eigenvalue weighted by Gasteiger charge is 2.26. The van der Waals surface area contributed by atoms with Gasteiger partial charge in [-0.2, -0.15) is 0 Å². The third-order valence-electron chi connectivity index (χ3n) is 4.52. The van der Waals surface area contributed by atoms with Gasteiger partial charge < -0.3 is 15.0 Å². The lowest BCUT2D eigenvalue weighted by Gasteiger charge is -2.36. The average Bonchev–Trinajstić information content (AvgIpc) is 2.59. The van der Waals surface area contributed by atoms with Crippen molar-refractivity contribution in [1.82, 2.24) is 5.32 Å². The van der Waals surface area contributed by atoms with E-state index in [0.717, 1.165) is 30.8 Å². The Kier molecular flexibility index (Phi) is 5.68. The molecule has 1 heterocycles. The van der Waals surface area contributed by atoms with Crippen molar-refractivity contribution < 1.29 is 13.9 Å². The Labute approximate surface area is 160 Å². The van der Waals surface area contributed by atoms with Gasteiger partial charge in [0.1, 0.15) is 11.4 Å². The fourth-order valence-corrected chi connectivity index (χ4v) is 3.44. The van der Waals surface area contributed by atoms with Crippen LogP contribution in [0.4, 0.5) is 14.9 Å². The topological polar surface area (TPSA) is 41.6 Å². The third kappa shape index (κ3) is 5.46. The molecule has 1 aliphatic rings. The van der Waals surface area contributed by atoms with Gasteiger partial charge in [0.25, 0.3) is 0 Å². The van der Waals surface area contributed by atoms with Crippen LogP contribution in [0.2, 0.25) is 0 Å². The van der Waals surface area contributed by atoms with Crippen LogP contribution in [-0.4, -0.2) is 24.8 Å². The van der Waals surface area contributed by atoms with E-state index in [9.17, 15) is 9.18 Å². The summed E-state index contributed by atoms with van der Waals surface area (Å²) < 4.78 is 19.1. The molecule has 2 aromatic rings. The fraction of sp³-hybridized carbons (Fsp3) is 0.409. The van der Waals surface area contributed by atoms with E-state index in [0.29, 0.717) is 6.54 Å². The highest BCUT2D eigenvalue weighted by molar-refractivity contribution is 5.67. The molecule has 1 aliphatic heterocycles. The summed E-state index contributed by atoms with van der Waals surface area (Å²) in [7, 11) is 0. The Morgan fingerprint density at radius 2 is 1.96 bits per heavy atom. The van der Waals surface area contributed by atoms with Gasteiger partial charge >= 0.3 is 6.09 Å². The number of ether oxygens (including phenoxy) is 1. The zero-order valence-electron chi connectivity index (χ0n) is 16.2. The highest BCUT2D eigenvalue weighted by atomic mass is 19.1. The Morgan fingerprint density at radius 3 is 2.67 bits per heavy atom. The quantitative estimate of drug-likeness (QED) is 0.860. The summed E-state index contributed by atoms with van der Waals surface area (Å²) in [5, 5.41) is 2.86. The first-order valence-electron chi connectivity index (χ1n) is 9.34. The first-order valence-corrected chi connectivity index (χ1v) is 9.34. The number of benzene rings is 2. The first-order chi connectivity index (χ1) is 12.8. The Balaban J connectivity index is 1.71. The average molecular weight is 370 g/mol. The number of nitrogens with one attached hydrogen (secondary N) is 1. The van der Waals surface area contributed by atoms with E-state index in [1.54, 1.807) is 6.07 Å². The molecule has 0 aromatic heterocycles. The van der Waals surface area contributed by atoms with Crippen LogP contribution in [0.1, 0.15) is 31.9 Å². The molecule has 0 bridgehead atoms. The summed E-state index contributed by atoms with van der Waals surface area (Å²) in [6.45, 7) is 7.57. The van der Waals surface area contributed by atoms with E-state index in [-0.39, 0.29) is 11.7 Å². The normalized spacial score (nSPS) is 16.6. The van der Waals surface area contributed by atoms with Gasteiger partial charge in [0.15, 0.2) is 0 Å². The lowest BCUT2D eigenvalue weighted by Crippen LogP contribution is -2.42. The van der Waals surface area contributed by atoms with Gasteiger partial charge in [0.05, 0.1) is 0 Å². The van der Waals surface area contributed by atoms with Gasteiger partial charge in [-0.3, -0.25) is 0 Å². The molecule has 1 unspecified atom stereocenters. The molecule has 1 amide bonds. The summed E-state index contributed by atoms with van der Waals surface area (Å²) in [6, 6.07) is 15.2. The van der Waals surface area contributed by atoms with E-state index in [1.807, 2.05) is 45.0 Å². The van der Waals surface area contributed by atoms with Crippen molar-refractivity contribution in [2.75, 3.05) is 18.0 Å². The van der Waals surface area contributed by atoms with E-state index in [4.69, 9.17) is 4.74 Å². The van der Waals surface area contributed by atoms with E-state index >= 15 is 0 Å². The van der Waals surface area contributed by atoms with Crippen molar-refractivity contribution in [3.8, 4) is 0 Å². The zero-order chi connectivity index (χ0) is 19.4. The van der Waals surface area contributed by atoms with E-state index in [2.05, 4.69) is 22.3 Å². The van der Waals surface area contributed by atoms with E-state index < -0.39 is 11.7 Å². The number of nitrogens with zero attached hydrogens (tertiary/aromatic N) is 1. The Morgan fingerprint density at radius 1 is 1.22 bits per heavy atom. The van der Waals surface area contributed by atoms with Crippen LogP contribution in [-0.2, 0) is 17.7 Å². The van der Waals surface area contributed by atoms with Crippen LogP contribution in [0, 0.1) is 11.7 Å². The number of hydrogen-bond acceptors (Lipinski definition) is 3. The standard InChI is InChI=1S/C22H27FN2O2/c1-22(2,3)27-21(26)24-13-17-11-18-12-19(23)9-10-20(18)25(15-17)14-16-7-5-4-6-8-16/h4-10,12,17H,11,13-15H2,1-3H3,(H,24,26). The number of carbonyl (C=O) groups is 1. The number of fused-ring (bicyclic) bond motifs is 1. The monoisotopic (exact) mass is 370 g/mol. The van der Waals surface area contributed by atoms with Gasteiger partial charge in [0.2, 0.25) is 0 Å². The van der Waals surface area contributed by atoms with Crippen molar-refractivity contribution in [1.29, 1.82) is 0 Å². The maximum atomic E-state index is 13.8. The van der Waals surface area contributed by atoms with Gasteiger partial charge in [-0.1, -0.05) is 30.3 Å². The summed E-state index contributed by atoms with van der Waals surface area (Å²) in [5.41, 5.74) is 2.72. The summed E-state index contributed by atoms with van der Waals surface area (Å²) in [6.07, 6.45) is 0.316. The van der Waals surface area contributed by atoms with Crippen LogP contribution < -0.4 is 10.2 Å². The molecule has 144 valence electrons. The SMILES string of the molecule is CC(C)(C)OC(=O)NCC1Cc2cc(F)ccc2N(Cc2ccccc2)C1. The lowest BCUT2D eigenvalue weighted by molar-refractivity contribution is 0.0519. The molecule has 0 radical (unpaired) electrons. The largest absolute Gasteiger partial charge is 0.444 e. The minimum absolute atomic E-state index is 0.190. The van der Waals surface area contributed by atoms with Crippen molar-refractivity contribution >= 4 is 11.8 Å². The number of anilines is 1. The first kappa shape index (κ1) is 19.2. The molecule has 0 aliphatic carbocycles. The van der Waals surface area contributed by atoms with Crippen molar-refractivity contribution in [3.05, 3.63) is 65.5 Å². The molecule has 27 heavy (non-hydrogen) atoms. The predicted octanol–water partition coefficient (Wildman–Crippen LogP) is 4.53. The van der Waals surface area contributed by atoms with Crippen molar-refractivity contribution in [2.45, 2.75) is 39.3 Å². The van der Waals surface area contributed by atoms with Crippen LogP contribution in [0.15, 0.2) is 48.5 Å². The molecular formula is C22H27FN2O2. The Hall–Kier alpha value is -2.56. The summed E-state index contributed by atoms with van der Waals surface area (Å²) >= 11 is 0. The Bertz CT molecular complexity index is 787. The molecule has 0 spiro atoms. The molecular weight excluding hydrogens is 343 g/mol. The maximum absolute atomic E-state index is 13.8. The maximum Gasteiger partial charge on any atom is 0.407 e. The van der Waals surface area contributed by atoms with Crippen LogP contribution >= 0.6 is 0 Å². The predicted molar refractivity (Wildman–Crippen MR) is 105 cm³/mol. The summed E-state index contributed by atoms with van der Waals surface area (Å²) in [5.74, 6) is -0.0373. The number of carbonyl (C=O) groups excluding carboxylic acids is 1. The van der Waals surface area contributed by atoms with Gasteiger partial charge in [-0.05, 0) is 62.4 Å². The molecule has 1 N–H and O–H groups in total. The van der Waals surface area contributed by atoms with Crippen LogP contribution in [0.5, 0.6) is 0 Å². The number of halogens is 1. The molecule has 4 nitrogen and oxygen atoms in total. The molecule has 5 heteroatoms. The minimum atomic E-state index is -0.522. The minimum Gasteiger partial charge on any atom is -0.444 e. The van der Waals surface area contributed by atoms with Crippen LogP contribution in [0.25, 0.3) is 0 Å². The summed E-state index contributed by atoms with van der Waals surface area (Å²) in [4.78, 5) is 14.2. The second-order valence-corrected chi connectivity index (χ2v) is 8.09. The van der Waals surface area contributed by atoms with Gasteiger partial charge in [-0.15, -0.1) is 0 Å².